The lowest BCUT2D eigenvalue weighted by molar-refractivity contribution is 0.221. The Morgan fingerprint density at radius 1 is 1.17 bits per heavy atom. The minimum Gasteiger partial charge on any atom is -0.299 e. The van der Waals surface area contributed by atoms with E-state index < -0.39 is 0 Å². The van der Waals surface area contributed by atoms with E-state index in [1.165, 1.54) is 48.4 Å². The number of aryl methyl sites for hydroxylation is 1. The van der Waals surface area contributed by atoms with Gasteiger partial charge >= 0.3 is 0 Å². The van der Waals surface area contributed by atoms with Crippen molar-refractivity contribution < 1.29 is 0 Å². The first-order chi connectivity index (χ1) is 11.2. The Balaban J connectivity index is 1.49. The molecule has 1 fully saturated rings. The standard InChI is InChI=1S/C18H28N4S/c1-3-22-13-17(10-19-22)11-20(2)14-18-9-16(15-23-18)12-21-7-5-4-6-8-21/h9-10,13,15H,3-8,11-12,14H2,1-2H3. The van der Waals surface area contributed by atoms with Crippen molar-refractivity contribution >= 4 is 11.3 Å². The van der Waals surface area contributed by atoms with E-state index in [2.05, 4.69) is 46.5 Å². The molecule has 0 radical (unpaired) electrons. The van der Waals surface area contributed by atoms with E-state index in [4.69, 9.17) is 0 Å². The number of aromatic nitrogens is 2. The molecule has 1 saturated heterocycles. The van der Waals surface area contributed by atoms with Crippen LogP contribution in [-0.4, -0.2) is 39.7 Å². The van der Waals surface area contributed by atoms with Crippen LogP contribution in [0, 0.1) is 0 Å². The number of rotatable bonds is 7. The molecule has 0 unspecified atom stereocenters. The molecule has 0 aliphatic carbocycles. The molecule has 0 amide bonds. The maximum atomic E-state index is 4.35. The minimum absolute atomic E-state index is 0.939. The number of likely N-dealkylation sites (tertiary alicyclic amines) is 1. The molecule has 0 bridgehead atoms. The van der Waals surface area contributed by atoms with Crippen molar-refractivity contribution in [3.05, 3.63) is 39.8 Å². The predicted molar refractivity (Wildman–Crippen MR) is 96.5 cm³/mol. The normalized spacial score (nSPS) is 16.3. The summed E-state index contributed by atoms with van der Waals surface area (Å²) in [6, 6.07) is 2.39. The van der Waals surface area contributed by atoms with Gasteiger partial charge in [0.25, 0.3) is 0 Å². The molecular weight excluding hydrogens is 304 g/mol. The molecule has 0 atom stereocenters. The Hall–Kier alpha value is -1.17. The zero-order chi connectivity index (χ0) is 16.1. The number of hydrogen-bond donors (Lipinski definition) is 0. The average Bonchev–Trinajstić information content (AvgIpc) is 3.18. The van der Waals surface area contributed by atoms with Gasteiger partial charge in [-0.3, -0.25) is 14.5 Å². The molecule has 0 saturated carbocycles. The zero-order valence-corrected chi connectivity index (χ0v) is 15.2. The summed E-state index contributed by atoms with van der Waals surface area (Å²) in [5.41, 5.74) is 2.78. The lowest BCUT2D eigenvalue weighted by atomic mass is 10.1. The van der Waals surface area contributed by atoms with Crippen LogP contribution in [0.3, 0.4) is 0 Å². The first-order valence-electron chi connectivity index (χ1n) is 8.71. The molecule has 0 aromatic carbocycles. The lowest BCUT2D eigenvalue weighted by Crippen LogP contribution is -2.28. The second-order valence-corrected chi connectivity index (χ2v) is 7.63. The summed E-state index contributed by atoms with van der Waals surface area (Å²) in [4.78, 5) is 6.42. The molecule has 1 aliphatic heterocycles. The minimum atomic E-state index is 0.939. The summed E-state index contributed by atoms with van der Waals surface area (Å²) in [7, 11) is 2.19. The van der Waals surface area contributed by atoms with E-state index in [9.17, 15) is 0 Å². The highest BCUT2D eigenvalue weighted by atomic mass is 32.1. The molecule has 2 aromatic rings. The summed E-state index contributed by atoms with van der Waals surface area (Å²) in [5.74, 6) is 0. The van der Waals surface area contributed by atoms with Crippen molar-refractivity contribution in [2.24, 2.45) is 0 Å². The van der Waals surface area contributed by atoms with Crippen LogP contribution in [0.5, 0.6) is 0 Å². The van der Waals surface area contributed by atoms with Crippen LogP contribution in [0.1, 0.15) is 42.2 Å². The number of piperidine rings is 1. The molecular formula is C18H28N4S. The molecule has 2 aromatic heterocycles. The third-order valence-corrected chi connectivity index (χ3v) is 5.42. The molecule has 3 rings (SSSR count). The van der Waals surface area contributed by atoms with Gasteiger partial charge in [-0.15, -0.1) is 11.3 Å². The quantitative estimate of drug-likeness (QED) is 0.774. The van der Waals surface area contributed by atoms with Crippen LogP contribution in [0.2, 0.25) is 0 Å². The van der Waals surface area contributed by atoms with E-state index in [0.717, 1.165) is 26.2 Å². The third-order valence-electron chi connectivity index (χ3n) is 4.45. The zero-order valence-electron chi connectivity index (χ0n) is 14.4. The van der Waals surface area contributed by atoms with Crippen LogP contribution in [0.25, 0.3) is 0 Å². The smallest absolute Gasteiger partial charge is 0.0534 e. The van der Waals surface area contributed by atoms with Gasteiger partial charge < -0.3 is 0 Å². The fraction of sp³-hybridized carbons (Fsp3) is 0.611. The van der Waals surface area contributed by atoms with Gasteiger partial charge in [-0.25, -0.2) is 0 Å². The monoisotopic (exact) mass is 332 g/mol. The van der Waals surface area contributed by atoms with Crippen LogP contribution in [0.15, 0.2) is 23.8 Å². The summed E-state index contributed by atoms with van der Waals surface area (Å²) in [6.07, 6.45) is 8.27. The molecule has 3 heterocycles. The first kappa shape index (κ1) is 16.7. The van der Waals surface area contributed by atoms with Gasteiger partial charge in [0.2, 0.25) is 0 Å². The van der Waals surface area contributed by atoms with E-state index in [-0.39, 0.29) is 0 Å². The topological polar surface area (TPSA) is 24.3 Å². The summed E-state index contributed by atoms with van der Waals surface area (Å²) in [5, 5.41) is 6.69. The van der Waals surface area contributed by atoms with Crippen molar-refractivity contribution in [2.75, 3.05) is 20.1 Å². The predicted octanol–water partition coefficient (Wildman–Crippen LogP) is 3.58. The highest BCUT2D eigenvalue weighted by Crippen LogP contribution is 2.20. The van der Waals surface area contributed by atoms with Gasteiger partial charge in [-0.2, -0.15) is 5.10 Å². The van der Waals surface area contributed by atoms with Gasteiger partial charge in [0.05, 0.1) is 6.20 Å². The molecule has 1 aliphatic rings. The molecule has 4 nitrogen and oxygen atoms in total. The summed E-state index contributed by atoms with van der Waals surface area (Å²) >= 11 is 1.90. The third kappa shape index (κ3) is 4.90. The maximum absolute atomic E-state index is 4.35. The van der Waals surface area contributed by atoms with Crippen molar-refractivity contribution in [1.29, 1.82) is 0 Å². The van der Waals surface area contributed by atoms with Gasteiger partial charge in [-0.1, -0.05) is 6.42 Å². The Morgan fingerprint density at radius 3 is 2.74 bits per heavy atom. The highest BCUT2D eigenvalue weighted by molar-refractivity contribution is 7.10. The van der Waals surface area contributed by atoms with Crippen LogP contribution in [0.4, 0.5) is 0 Å². The number of hydrogen-bond acceptors (Lipinski definition) is 4. The summed E-state index contributed by atoms with van der Waals surface area (Å²) in [6.45, 7) is 8.70. The van der Waals surface area contributed by atoms with Gasteiger partial charge in [0, 0.05) is 42.8 Å². The van der Waals surface area contributed by atoms with Gasteiger partial charge in [0.1, 0.15) is 0 Å². The van der Waals surface area contributed by atoms with E-state index in [1.54, 1.807) is 0 Å². The maximum Gasteiger partial charge on any atom is 0.0534 e. The fourth-order valence-corrected chi connectivity index (χ4v) is 4.22. The fourth-order valence-electron chi connectivity index (χ4n) is 3.26. The molecule has 126 valence electrons. The van der Waals surface area contributed by atoms with Crippen molar-refractivity contribution in [1.82, 2.24) is 19.6 Å². The van der Waals surface area contributed by atoms with Crippen LogP contribution < -0.4 is 0 Å². The molecule has 0 spiro atoms. The summed E-state index contributed by atoms with van der Waals surface area (Å²) < 4.78 is 1.99. The Morgan fingerprint density at radius 2 is 2.00 bits per heavy atom. The van der Waals surface area contributed by atoms with Crippen molar-refractivity contribution in [2.45, 2.75) is 52.4 Å². The van der Waals surface area contributed by atoms with Gasteiger partial charge in [-0.05, 0) is 56.9 Å². The second-order valence-electron chi connectivity index (χ2n) is 6.63. The number of nitrogens with zero attached hydrogens (tertiary/aromatic N) is 4. The van der Waals surface area contributed by atoms with Crippen molar-refractivity contribution in [3.8, 4) is 0 Å². The average molecular weight is 333 g/mol. The molecule has 23 heavy (non-hydrogen) atoms. The lowest BCUT2D eigenvalue weighted by Gasteiger charge is -2.25. The van der Waals surface area contributed by atoms with E-state index in [0.29, 0.717) is 0 Å². The molecule has 5 heteroatoms. The first-order valence-corrected chi connectivity index (χ1v) is 9.59. The highest BCUT2D eigenvalue weighted by Gasteiger charge is 2.12. The Kier molecular flexibility index (Phi) is 5.86. The van der Waals surface area contributed by atoms with Crippen LogP contribution >= 0.6 is 11.3 Å². The SMILES string of the molecule is CCn1cc(CN(C)Cc2cc(CN3CCCCC3)cs2)cn1. The number of thiophene rings is 1. The second kappa shape index (κ2) is 8.08. The molecule has 0 N–H and O–H groups in total. The van der Waals surface area contributed by atoms with Crippen LogP contribution in [-0.2, 0) is 26.2 Å². The van der Waals surface area contributed by atoms with E-state index >= 15 is 0 Å². The Bertz CT molecular complexity index is 598. The Labute approximate surface area is 143 Å². The van der Waals surface area contributed by atoms with Gasteiger partial charge in [0.15, 0.2) is 0 Å². The van der Waals surface area contributed by atoms with E-state index in [1.807, 2.05) is 22.2 Å². The largest absolute Gasteiger partial charge is 0.299 e. The van der Waals surface area contributed by atoms with Crippen molar-refractivity contribution in [3.63, 3.8) is 0 Å².